The zero-order valence-corrected chi connectivity index (χ0v) is 25.1. The minimum absolute atomic E-state index is 0.171. The first-order chi connectivity index (χ1) is 19.6. The maximum Gasteiger partial charge on any atom is 0.255 e. The Morgan fingerprint density at radius 3 is 2.37 bits per heavy atom. The number of amides is 2. The van der Waals surface area contributed by atoms with E-state index in [1.54, 1.807) is 49.5 Å². The van der Waals surface area contributed by atoms with Crippen LogP contribution in [-0.2, 0) is 12.8 Å². The van der Waals surface area contributed by atoms with E-state index in [2.05, 4.69) is 15.6 Å². The van der Waals surface area contributed by atoms with Gasteiger partial charge in [0.05, 0.1) is 50.0 Å². The topological polar surface area (TPSA) is 103 Å². The lowest BCUT2D eigenvalue weighted by Gasteiger charge is -2.37. The normalized spacial score (nSPS) is 16.5. The third-order valence-electron chi connectivity index (χ3n) is 7.46. The van der Waals surface area contributed by atoms with Gasteiger partial charge in [0.15, 0.2) is 0 Å². The smallest absolute Gasteiger partial charge is 0.255 e. The molecule has 0 aliphatic heterocycles. The number of halogens is 3. The molecular weight excluding hydrogens is 585 g/mol. The fourth-order valence-corrected chi connectivity index (χ4v) is 6.13. The van der Waals surface area contributed by atoms with Crippen LogP contribution in [0.4, 0.5) is 0 Å². The Morgan fingerprint density at radius 2 is 1.68 bits per heavy atom. The van der Waals surface area contributed by atoms with E-state index in [1.807, 2.05) is 19.9 Å². The minimum Gasteiger partial charge on any atom is -0.490 e. The number of aromatic nitrogens is 1. The minimum atomic E-state index is -0.922. The van der Waals surface area contributed by atoms with Crippen LogP contribution in [0.5, 0.6) is 5.75 Å². The number of fused-ring (bicyclic) bond motifs is 3. The molecule has 0 fully saturated rings. The highest BCUT2D eigenvalue weighted by molar-refractivity contribution is 6.40. The van der Waals surface area contributed by atoms with Crippen LogP contribution in [0.2, 0.25) is 15.1 Å². The second-order valence-corrected chi connectivity index (χ2v) is 11.8. The highest BCUT2D eigenvalue weighted by atomic mass is 35.5. The molecule has 4 N–H and O–H groups in total. The van der Waals surface area contributed by atoms with Crippen LogP contribution in [-0.4, -0.2) is 47.2 Å². The van der Waals surface area contributed by atoms with Crippen LogP contribution in [0.25, 0.3) is 22.0 Å². The van der Waals surface area contributed by atoms with Crippen LogP contribution in [0.3, 0.4) is 0 Å². The largest absolute Gasteiger partial charge is 0.490 e. The second kappa shape index (κ2) is 11.6. The van der Waals surface area contributed by atoms with Gasteiger partial charge in [-0.05, 0) is 79.8 Å². The number of benzene rings is 3. The Hall–Kier alpha value is -3.23. The fraction of sp³-hybridized carbons (Fsp3) is 0.290. The van der Waals surface area contributed by atoms with Crippen LogP contribution < -0.4 is 15.4 Å². The van der Waals surface area contributed by atoms with Gasteiger partial charge < -0.3 is 25.5 Å². The van der Waals surface area contributed by atoms with Crippen molar-refractivity contribution in [3.05, 3.63) is 86.0 Å². The lowest BCUT2D eigenvalue weighted by Crippen LogP contribution is -2.54. The van der Waals surface area contributed by atoms with Crippen LogP contribution >= 0.6 is 34.8 Å². The number of carbonyl (C=O) groups is 2. The molecule has 1 aliphatic carbocycles. The van der Waals surface area contributed by atoms with Crippen molar-refractivity contribution in [2.45, 2.75) is 44.8 Å². The van der Waals surface area contributed by atoms with Gasteiger partial charge in [0.1, 0.15) is 5.75 Å². The summed E-state index contributed by atoms with van der Waals surface area (Å²) in [4.78, 5) is 29.4. The van der Waals surface area contributed by atoms with Crippen LogP contribution in [0.15, 0.2) is 48.5 Å². The van der Waals surface area contributed by atoms with E-state index >= 15 is 0 Å². The van der Waals surface area contributed by atoms with Crippen LogP contribution in [0.1, 0.15) is 52.2 Å². The van der Waals surface area contributed by atoms with Crippen molar-refractivity contribution in [3.63, 3.8) is 0 Å². The molecule has 0 radical (unpaired) electrons. The molecule has 1 aromatic heterocycles. The number of aliphatic hydroxyl groups is 1. The van der Waals surface area contributed by atoms with Gasteiger partial charge in [-0.25, -0.2) is 0 Å². The zero-order chi connectivity index (χ0) is 29.5. The van der Waals surface area contributed by atoms with E-state index < -0.39 is 5.54 Å². The van der Waals surface area contributed by atoms with E-state index in [9.17, 15) is 14.7 Å². The van der Waals surface area contributed by atoms with Crippen molar-refractivity contribution in [1.29, 1.82) is 0 Å². The molecule has 7 nitrogen and oxygen atoms in total. The highest BCUT2D eigenvalue weighted by Crippen LogP contribution is 2.40. The molecule has 0 spiro atoms. The van der Waals surface area contributed by atoms with E-state index in [1.165, 1.54) is 0 Å². The SMILES string of the molecule is CNC(=O)c1ccc(-c2ccc(OC(C)C)c(C(=O)NC3(CO)CCc4[nH]c5c(Cl)ccc(Cl)c5c4C3)c2)cc1Cl. The summed E-state index contributed by atoms with van der Waals surface area (Å²) < 4.78 is 5.99. The number of aliphatic hydroxyl groups excluding tert-OH is 1. The molecule has 1 heterocycles. The monoisotopic (exact) mass is 613 g/mol. The first-order valence-electron chi connectivity index (χ1n) is 13.3. The summed E-state index contributed by atoms with van der Waals surface area (Å²) in [6.45, 7) is 3.51. The first kappa shape index (κ1) is 29.3. The summed E-state index contributed by atoms with van der Waals surface area (Å²) >= 11 is 19.4. The number of nitrogens with one attached hydrogen (secondary N) is 3. The van der Waals surface area contributed by atoms with Gasteiger partial charge >= 0.3 is 0 Å². The van der Waals surface area contributed by atoms with E-state index in [4.69, 9.17) is 39.5 Å². The number of ether oxygens (including phenoxy) is 1. The Labute approximate surface area is 253 Å². The predicted octanol–water partition coefficient (Wildman–Crippen LogP) is 6.59. The van der Waals surface area contributed by atoms with Crippen LogP contribution in [0, 0.1) is 0 Å². The standard InChI is InChI=1S/C31H30Cl3N3O4/c1-16(2)41-26-9-5-17(18-4-6-19(24(34)13-18)29(39)35-3)12-20(26)30(40)37-31(15-38)11-10-25-21(14-31)27-22(32)7-8-23(33)28(27)36-25/h4-9,12-13,16,36,38H,10-11,14-15H2,1-3H3,(H,35,39)(H,37,40). The summed E-state index contributed by atoms with van der Waals surface area (Å²) in [5.74, 6) is -0.246. The number of rotatable bonds is 7. The molecule has 1 atom stereocenters. The molecule has 0 saturated carbocycles. The molecule has 0 saturated heterocycles. The molecule has 3 aromatic carbocycles. The molecule has 10 heteroatoms. The average Bonchev–Trinajstić information content (AvgIpc) is 3.34. The molecule has 1 aliphatic rings. The predicted molar refractivity (Wildman–Crippen MR) is 164 cm³/mol. The third kappa shape index (κ3) is 5.64. The van der Waals surface area contributed by atoms with Gasteiger partial charge in [0.25, 0.3) is 11.8 Å². The summed E-state index contributed by atoms with van der Waals surface area (Å²) in [7, 11) is 1.54. The second-order valence-electron chi connectivity index (χ2n) is 10.6. The summed E-state index contributed by atoms with van der Waals surface area (Å²) in [5.41, 5.74) is 3.90. The lowest BCUT2D eigenvalue weighted by atomic mass is 9.80. The van der Waals surface area contributed by atoms with Gasteiger partial charge in [0, 0.05) is 24.5 Å². The molecule has 5 rings (SSSR count). The van der Waals surface area contributed by atoms with Gasteiger partial charge in [0.2, 0.25) is 0 Å². The Bertz CT molecular complexity index is 1670. The maximum absolute atomic E-state index is 13.9. The van der Waals surface area contributed by atoms with E-state index in [-0.39, 0.29) is 24.5 Å². The van der Waals surface area contributed by atoms with Gasteiger partial charge in [-0.2, -0.15) is 0 Å². The Kier molecular flexibility index (Phi) is 8.26. The molecule has 1 unspecified atom stereocenters. The summed E-state index contributed by atoms with van der Waals surface area (Å²) in [6, 6.07) is 13.9. The van der Waals surface area contributed by atoms with Crippen molar-refractivity contribution in [3.8, 4) is 16.9 Å². The molecule has 0 bridgehead atoms. The van der Waals surface area contributed by atoms with Gasteiger partial charge in [-0.3, -0.25) is 9.59 Å². The number of aryl methyl sites for hydroxylation is 1. The quantitative estimate of drug-likeness (QED) is 0.189. The zero-order valence-electron chi connectivity index (χ0n) is 22.8. The molecule has 214 valence electrons. The van der Waals surface area contributed by atoms with Crippen molar-refractivity contribution < 1.29 is 19.4 Å². The van der Waals surface area contributed by atoms with Crippen molar-refractivity contribution in [1.82, 2.24) is 15.6 Å². The van der Waals surface area contributed by atoms with Crippen molar-refractivity contribution in [2.24, 2.45) is 0 Å². The summed E-state index contributed by atoms with van der Waals surface area (Å²) in [6.07, 6.45) is 1.32. The number of hydrogen-bond donors (Lipinski definition) is 4. The first-order valence-corrected chi connectivity index (χ1v) is 14.4. The van der Waals surface area contributed by atoms with Crippen molar-refractivity contribution in [2.75, 3.05) is 13.7 Å². The Balaban J connectivity index is 1.50. The number of hydrogen-bond acceptors (Lipinski definition) is 4. The Morgan fingerprint density at radius 1 is 0.976 bits per heavy atom. The number of aromatic amines is 1. The lowest BCUT2D eigenvalue weighted by molar-refractivity contribution is 0.0802. The number of H-pyrrole nitrogens is 1. The molecular formula is C31H30Cl3N3O4. The number of carbonyl (C=O) groups excluding carboxylic acids is 2. The highest BCUT2D eigenvalue weighted by Gasteiger charge is 2.38. The molecule has 41 heavy (non-hydrogen) atoms. The fourth-order valence-electron chi connectivity index (χ4n) is 5.39. The average molecular weight is 615 g/mol. The van der Waals surface area contributed by atoms with Crippen molar-refractivity contribution >= 4 is 57.5 Å². The molecule has 2 amide bonds. The van der Waals surface area contributed by atoms with Gasteiger partial charge in [-0.1, -0.05) is 46.9 Å². The third-order valence-corrected chi connectivity index (χ3v) is 8.40. The van der Waals surface area contributed by atoms with E-state index in [0.717, 1.165) is 33.3 Å². The summed E-state index contributed by atoms with van der Waals surface area (Å²) in [5, 5.41) is 18.5. The molecule has 4 aromatic rings. The van der Waals surface area contributed by atoms with E-state index in [0.29, 0.717) is 51.2 Å². The van der Waals surface area contributed by atoms with Gasteiger partial charge in [-0.15, -0.1) is 0 Å². The maximum atomic E-state index is 13.9.